The van der Waals surface area contributed by atoms with Gasteiger partial charge < -0.3 is 0 Å². The van der Waals surface area contributed by atoms with Gasteiger partial charge in [-0.05, 0) is 24.0 Å². The fourth-order valence-corrected chi connectivity index (χ4v) is 3.98. The number of Topliss-reactive ketones (excluding diaryl/α,β-unsaturated/α-hetero) is 1. The van der Waals surface area contributed by atoms with Crippen LogP contribution < -0.4 is 0 Å². The summed E-state index contributed by atoms with van der Waals surface area (Å²) in [4.78, 5) is 21.2. The van der Waals surface area contributed by atoms with E-state index in [9.17, 15) is 4.79 Å². The molecule has 0 unspecified atom stereocenters. The number of rotatable bonds is 3. The maximum absolute atomic E-state index is 12.2. The minimum atomic E-state index is 0.138. The molecule has 24 heavy (non-hydrogen) atoms. The zero-order chi connectivity index (χ0) is 16.7. The van der Waals surface area contributed by atoms with E-state index in [4.69, 9.17) is 11.6 Å². The van der Waals surface area contributed by atoms with Crippen LogP contribution in [0.1, 0.15) is 35.0 Å². The molecule has 5 nitrogen and oxygen atoms in total. The number of ketones is 1. The van der Waals surface area contributed by atoms with Crippen molar-refractivity contribution in [1.82, 2.24) is 19.6 Å². The Kier molecular flexibility index (Phi) is 4.02. The highest BCUT2D eigenvalue weighted by atomic mass is 35.5. The minimum Gasteiger partial charge on any atom is -0.294 e. The van der Waals surface area contributed by atoms with Crippen LogP contribution in [0.25, 0.3) is 5.78 Å². The maximum atomic E-state index is 12.2. The molecular weight excluding hydrogens is 344 g/mol. The number of fused-ring (bicyclic) bond motifs is 2. The number of nitrogens with zero attached hydrogens (tertiary/aromatic N) is 4. The van der Waals surface area contributed by atoms with Crippen molar-refractivity contribution in [3.63, 3.8) is 0 Å². The van der Waals surface area contributed by atoms with Crippen LogP contribution in [-0.2, 0) is 12.2 Å². The van der Waals surface area contributed by atoms with E-state index in [1.807, 2.05) is 24.3 Å². The van der Waals surface area contributed by atoms with Crippen LogP contribution in [-0.4, -0.2) is 25.4 Å². The lowest BCUT2D eigenvalue weighted by Gasteiger charge is -2.18. The van der Waals surface area contributed by atoms with Gasteiger partial charge in [0.05, 0.1) is 11.3 Å². The second kappa shape index (κ2) is 6.18. The summed E-state index contributed by atoms with van der Waals surface area (Å²) in [6.45, 7) is 2.07. The molecule has 1 atom stereocenters. The van der Waals surface area contributed by atoms with Crippen LogP contribution in [0.5, 0.6) is 0 Å². The summed E-state index contributed by atoms with van der Waals surface area (Å²) < 4.78 is 1.60. The monoisotopic (exact) mass is 358 g/mol. The summed E-state index contributed by atoms with van der Waals surface area (Å²) in [6, 6.07) is 7.73. The van der Waals surface area contributed by atoms with Gasteiger partial charge in [-0.2, -0.15) is 4.98 Å². The fourth-order valence-electron chi connectivity index (χ4n) is 2.87. The van der Waals surface area contributed by atoms with Crippen LogP contribution >= 0.6 is 23.4 Å². The third kappa shape index (κ3) is 2.91. The van der Waals surface area contributed by atoms with Crippen molar-refractivity contribution in [1.29, 1.82) is 0 Å². The lowest BCUT2D eigenvalue weighted by Crippen LogP contribution is -2.20. The first-order valence-electron chi connectivity index (χ1n) is 7.76. The summed E-state index contributed by atoms with van der Waals surface area (Å²) in [7, 11) is 0. The van der Waals surface area contributed by atoms with Crippen LogP contribution in [0.3, 0.4) is 0 Å². The molecule has 0 bridgehead atoms. The standard InChI is InChI=1S/C17H15ClN4OS/c1-10-6-14-12(15(23)7-10)8-22-16(19-14)20-17(21-22)24-9-11-4-2-3-5-13(11)18/h2-5,8,10H,6-7,9H2,1H3/t10-/m0/s1. The Morgan fingerprint density at radius 3 is 2.96 bits per heavy atom. The molecule has 0 fully saturated rings. The predicted octanol–water partition coefficient (Wildman–Crippen LogP) is 3.84. The highest BCUT2D eigenvalue weighted by Crippen LogP contribution is 2.27. The largest absolute Gasteiger partial charge is 0.294 e. The fraction of sp³-hybridized carbons (Fsp3) is 0.294. The van der Waals surface area contributed by atoms with E-state index in [0.29, 0.717) is 34.6 Å². The first-order chi connectivity index (χ1) is 11.6. The number of carbonyl (C=O) groups excluding carboxylic acids is 1. The first kappa shape index (κ1) is 15.6. The number of halogens is 1. The average molecular weight is 359 g/mol. The van der Waals surface area contributed by atoms with Crippen molar-refractivity contribution in [3.8, 4) is 0 Å². The van der Waals surface area contributed by atoms with Crippen LogP contribution in [0.2, 0.25) is 5.02 Å². The summed E-state index contributed by atoms with van der Waals surface area (Å²) in [5.41, 5.74) is 2.55. The lowest BCUT2D eigenvalue weighted by atomic mass is 9.88. The van der Waals surface area contributed by atoms with Gasteiger partial charge in [-0.15, -0.1) is 5.10 Å². The molecule has 1 aliphatic rings. The molecule has 0 saturated heterocycles. The summed E-state index contributed by atoms with van der Waals surface area (Å²) in [5.74, 6) is 1.69. The Hall–Kier alpha value is -1.92. The Labute approximate surface area is 148 Å². The second-order valence-corrected chi connectivity index (χ2v) is 7.41. The molecule has 0 amide bonds. The highest BCUT2D eigenvalue weighted by molar-refractivity contribution is 7.98. The summed E-state index contributed by atoms with van der Waals surface area (Å²) in [6.07, 6.45) is 3.15. The van der Waals surface area contributed by atoms with E-state index < -0.39 is 0 Å². The van der Waals surface area contributed by atoms with Gasteiger partial charge in [0, 0.05) is 23.4 Å². The van der Waals surface area contributed by atoms with E-state index in [1.165, 1.54) is 11.8 Å². The molecule has 7 heteroatoms. The molecule has 0 aliphatic heterocycles. The quantitative estimate of drug-likeness (QED) is 0.666. The third-order valence-corrected chi connectivity index (χ3v) is 5.34. The molecular formula is C17H15ClN4OS. The molecule has 0 radical (unpaired) electrons. The van der Waals surface area contributed by atoms with Crippen molar-refractivity contribution in [3.05, 3.63) is 52.3 Å². The molecule has 2 heterocycles. The molecule has 3 aromatic rings. The van der Waals surface area contributed by atoms with Crippen molar-refractivity contribution in [2.45, 2.75) is 30.7 Å². The van der Waals surface area contributed by atoms with Gasteiger partial charge in [0.2, 0.25) is 5.16 Å². The van der Waals surface area contributed by atoms with E-state index in [2.05, 4.69) is 22.0 Å². The maximum Gasteiger partial charge on any atom is 0.253 e. The Morgan fingerprint density at radius 2 is 2.12 bits per heavy atom. The zero-order valence-corrected chi connectivity index (χ0v) is 14.6. The predicted molar refractivity (Wildman–Crippen MR) is 93.6 cm³/mol. The molecule has 0 N–H and O–H groups in total. The van der Waals surface area contributed by atoms with Crippen LogP contribution in [0, 0.1) is 5.92 Å². The van der Waals surface area contributed by atoms with E-state index in [1.54, 1.807) is 10.7 Å². The van der Waals surface area contributed by atoms with E-state index in [0.717, 1.165) is 22.7 Å². The Balaban J connectivity index is 1.62. The topological polar surface area (TPSA) is 60.2 Å². The van der Waals surface area contributed by atoms with Gasteiger partial charge in [0.15, 0.2) is 5.78 Å². The molecule has 1 aromatic carbocycles. The zero-order valence-electron chi connectivity index (χ0n) is 13.1. The number of aromatic nitrogens is 4. The third-order valence-electron chi connectivity index (χ3n) is 4.08. The molecule has 4 rings (SSSR count). The van der Waals surface area contributed by atoms with Crippen LogP contribution in [0.15, 0.2) is 35.6 Å². The molecule has 0 saturated carbocycles. The normalized spacial score (nSPS) is 17.2. The number of thioether (sulfide) groups is 1. The molecule has 122 valence electrons. The highest BCUT2D eigenvalue weighted by Gasteiger charge is 2.25. The Bertz CT molecular complexity index is 939. The van der Waals surface area contributed by atoms with E-state index >= 15 is 0 Å². The number of carbonyl (C=O) groups is 1. The SMILES string of the molecule is C[C@@H]1CC(=O)c2cn3nc(SCc4ccccc4Cl)nc3nc2C1. The minimum absolute atomic E-state index is 0.138. The summed E-state index contributed by atoms with van der Waals surface area (Å²) in [5, 5.41) is 5.80. The molecule has 2 aromatic heterocycles. The second-order valence-electron chi connectivity index (χ2n) is 6.06. The van der Waals surface area contributed by atoms with Gasteiger partial charge in [0.25, 0.3) is 5.78 Å². The molecule has 0 spiro atoms. The van der Waals surface area contributed by atoms with Crippen molar-refractivity contribution in [2.75, 3.05) is 0 Å². The lowest BCUT2D eigenvalue weighted by molar-refractivity contribution is 0.0951. The van der Waals surface area contributed by atoms with Crippen molar-refractivity contribution in [2.24, 2.45) is 5.92 Å². The number of hydrogen-bond acceptors (Lipinski definition) is 5. The van der Waals surface area contributed by atoms with Crippen molar-refractivity contribution >= 4 is 34.9 Å². The van der Waals surface area contributed by atoms with Gasteiger partial charge in [0.1, 0.15) is 0 Å². The summed E-state index contributed by atoms with van der Waals surface area (Å²) >= 11 is 7.68. The van der Waals surface area contributed by atoms with Crippen molar-refractivity contribution < 1.29 is 4.79 Å². The first-order valence-corrected chi connectivity index (χ1v) is 9.12. The van der Waals surface area contributed by atoms with E-state index in [-0.39, 0.29) is 5.78 Å². The number of hydrogen-bond donors (Lipinski definition) is 0. The average Bonchev–Trinajstić information content (AvgIpc) is 2.94. The van der Waals surface area contributed by atoms with Gasteiger partial charge in [-0.3, -0.25) is 4.79 Å². The van der Waals surface area contributed by atoms with Gasteiger partial charge >= 0.3 is 0 Å². The van der Waals surface area contributed by atoms with Gasteiger partial charge in [-0.1, -0.05) is 48.5 Å². The Morgan fingerprint density at radius 1 is 1.29 bits per heavy atom. The van der Waals surface area contributed by atoms with Gasteiger partial charge in [-0.25, -0.2) is 9.50 Å². The number of benzene rings is 1. The van der Waals surface area contributed by atoms with Crippen LogP contribution in [0.4, 0.5) is 0 Å². The molecule has 1 aliphatic carbocycles. The smallest absolute Gasteiger partial charge is 0.253 e.